The summed E-state index contributed by atoms with van der Waals surface area (Å²) in [5, 5.41) is 0. The monoisotopic (exact) mass is 240 g/mol. The predicted molar refractivity (Wildman–Crippen MR) is 71.0 cm³/mol. The molecule has 100 valence electrons. The Kier molecular flexibility index (Phi) is 4.45. The van der Waals surface area contributed by atoms with E-state index in [1.54, 1.807) is 0 Å². The van der Waals surface area contributed by atoms with Crippen LogP contribution in [-0.2, 0) is 4.74 Å². The van der Waals surface area contributed by atoms with E-state index in [-0.39, 0.29) is 5.54 Å². The number of nitrogens with zero attached hydrogens (tertiary/aromatic N) is 1. The normalized spacial score (nSPS) is 35.6. The van der Waals surface area contributed by atoms with Crippen LogP contribution in [0.5, 0.6) is 0 Å². The van der Waals surface area contributed by atoms with Gasteiger partial charge in [0.2, 0.25) is 0 Å². The minimum atomic E-state index is 0.195. The molecule has 2 N–H and O–H groups in total. The molecule has 0 radical (unpaired) electrons. The van der Waals surface area contributed by atoms with E-state index in [1.807, 2.05) is 0 Å². The minimum absolute atomic E-state index is 0.195. The lowest BCUT2D eigenvalue weighted by molar-refractivity contribution is -0.0592. The summed E-state index contributed by atoms with van der Waals surface area (Å²) >= 11 is 0. The van der Waals surface area contributed by atoms with Crippen LogP contribution in [0.1, 0.15) is 45.4 Å². The minimum Gasteiger partial charge on any atom is -0.378 e. The second-order valence-electron chi connectivity index (χ2n) is 6.10. The lowest BCUT2D eigenvalue weighted by Gasteiger charge is -2.46. The zero-order valence-electron chi connectivity index (χ0n) is 11.5. The third-order valence-electron chi connectivity index (χ3n) is 4.83. The molecule has 3 nitrogen and oxygen atoms in total. The second kappa shape index (κ2) is 5.68. The van der Waals surface area contributed by atoms with Gasteiger partial charge in [0.05, 0.1) is 6.10 Å². The highest BCUT2D eigenvalue weighted by atomic mass is 16.5. The van der Waals surface area contributed by atoms with Gasteiger partial charge in [-0.15, -0.1) is 0 Å². The smallest absolute Gasteiger partial charge is 0.0565 e. The Morgan fingerprint density at radius 3 is 2.65 bits per heavy atom. The van der Waals surface area contributed by atoms with Crippen molar-refractivity contribution in [3.63, 3.8) is 0 Å². The highest BCUT2D eigenvalue weighted by molar-refractivity contribution is 4.95. The van der Waals surface area contributed by atoms with Crippen LogP contribution in [0.3, 0.4) is 0 Å². The van der Waals surface area contributed by atoms with Gasteiger partial charge in [-0.2, -0.15) is 0 Å². The largest absolute Gasteiger partial charge is 0.378 e. The van der Waals surface area contributed by atoms with Gasteiger partial charge in [-0.3, -0.25) is 4.90 Å². The van der Waals surface area contributed by atoms with Gasteiger partial charge < -0.3 is 10.5 Å². The summed E-state index contributed by atoms with van der Waals surface area (Å²) < 4.78 is 5.67. The van der Waals surface area contributed by atoms with Gasteiger partial charge in [0, 0.05) is 25.2 Å². The van der Waals surface area contributed by atoms with Crippen molar-refractivity contribution in [1.82, 2.24) is 4.90 Å². The van der Waals surface area contributed by atoms with E-state index in [4.69, 9.17) is 10.5 Å². The van der Waals surface area contributed by atoms with Crippen LogP contribution in [0.15, 0.2) is 0 Å². The molecule has 1 saturated heterocycles. The van der Waals surface area contributed by atoms with E-state index in [0.717, 1.165) is 31.9 Å². The molecule has 0 aromatic heterocycles. The maximum atomic E-state index is 6.08. The van der Waals surface area contributed by atoms with E-state index in [1.165, 1.54) is 32.2 Å². The van der Waals surface area contributed by atoms with Crippen LogP contribution in [-0.4, -0.2) is 43.3 Å². The fraction of sp³-hybridized carbons (Fsp3) is 1.00. The van der Waals surface area contributed by atoms with Crippen LogP contribution in [0.4, 0.5) is 0 Å². The van der Waals surface area contributed by atoms with Crippen molar-refractivity contribution in [2.75, 3.05) is 26.7 Å². The van der Waals surface area contributed by atoms with Crippen LogP contribution in [0.25, 0.3) is 0 Å². The van der Waals surface area contributed by atoms with Crippen molar-refractivity contribution in [3.05, 3.63) is 0 Å². The first-order chi connectivity index (χ1) is 8.16. The van der Waals surface area contributed by atoms with E-state index in [0.29, 0.717) is 6.10 Å². The molecule has 0 bridgehead atoms. The van der Waals surface area contributed by atoms with Gasteiger partial charge >= 0.3 is 0 Å². The Labute approximate surface area is 106 Å². The third-order valence-corrected chi connectivity index (χ3v) is 4.83. The standard InChI is InChI=1S/C14H28N2O/c1-12-9-14(11-15,7-8-17-12)16(2)10-13-5-3-4-6-13/h12-13H,3-11,15H2,1-2H3. The lowest BCUT2D eigenvalue weighted by Crippen LogP contribution is -2.57. The van der Waals surface area contributed by atoms with E-state index in [2.05, 4.69) is 18.9 Å². The molecule has 17 heavy (non-hydrogen) atoms. The first-order valence-corrected chi connectivity index (χ1v) is 7.19. The van der Waals surface area contributed by atoms with Gasteiger partial charge in [0.25, 0.3) is 0 Å². The number of rotatable bonds is 4. The maximum absolute atomic E-state index is 6.08. The molecular formula is C14H28N2O. The molecule has 3 heteroatoms. The molecule has 2 aliphatic rings. The van der Waals surface area contributed by atoms with Crippen molar-refractivity contribution in [3.8, 4) is 0 Å². The predicted octanol–water partition coefficient (Wildman–Crippen LogP) is 2.00. The van der Waals surface area contributed by atoms with E-state index >= 15 is 0 Å². The van der Waals surface area contributed by atoms with Gasteiger partial charge in [-0.05, 0) is 45.6 Å². The average Bonchev–Trinajstić information content (AvgIpc) is 2.81. The summed E-state index contributed by atoms with van der Waals surface area (Å²) in [6.07, 6.45) is 8.22. The molecule has 1 heterocycles. The molecule has 2 atom stereocenters. The number of likely N-dealkylation sites (N-methyl/N-ethyl adjacent to an activating group) is 1. The Bertz CT molecular complexity index is 240. The SMILES string of the molecule is CC1CC(CN)(N(C)CC2CCCC2)CCO1. The number of hydrogen-bond acceptors (Lipinski definition) is 3. The summed E-state index contributed by atoms with van der Waals surface area (Å²) in [4.78, 5) is 2.54. The van der Waals surface area contributed by atoms with Crippen molar-refractivity contribution in [1.29, 1.82) is 0 Å². The van der Waals surface area contributed by atoms with Crippen molar-refractivity contribution in [2.45, 2.75) is 57.1 Å². The summed E-state index contributed by atoms with van der Waals surface area (Å²) in [5.74, 6) is 0.904. The summed E-state index contributed by atoms with van der Waals surface area (Å²) in [6, 6.07) is 0. The maximum Gasteiger partial charge on any atom is 0.0565 e. The van der Waals surface area contributed by atoms with Crippen LogP contribution in [0, 0.1) is 5.92 Å². The third kappa shape index (κ3) is 3.01. The van der Waals surface area contributed by atoms with Crippen molar-refractivity contribution < 1.29 is 4.74 Å². The summed E-state index contributed by atoms with van der Waals surface area (Å²) in [6.45, 7) is 5.04. The van der Waals surface area contributed by atoms with Crippen molar-refractivity contribution >= 4 is 0 Å². The Balaban J connectivity index is 1.95. The van der Waals surface area contributed by atoms with Gasteiger partial charge in [0.15, 0.2) is 0 Å². The zero-order chi connectivity index (χ0) is 12.3. The molecule has 1 aliphatic carbocycles. The van der Waals surface area contributed by atoms with Crippen molar-refractivity contribution in [2.24, 2.45) is 11.7 Å². The van der Waals surface area contributed by atoms with E-state index < -0.39 is 0 Å². The second-order valence-corrected chi connectivity index (χ2v) is 6.10. The topological polar surface area (TPSA) is 38.5 Å². The number of nitrogens with two attached hydrogens (primary N) is 1. The first-order valence-electron chi connectivity index (χ1n) is 7.19. The molecule has 1 saturated carbocycles. The highest BCUT2D eigenvalue weighted by Crippen LogP contribution is 2.32. The van der Waals surface area contributed by atoms with E-state index in [9.17, 15) is 0 Å². The van der Waals surface area contributed by atoms with Crippen LogP contribution >= 0.6 is 0 Å². The van der Waals surface area contributed by atoms with Gasteiger partial charge in [-0.25, -0.2) is 0 Å². The number of ether oxygens (including phenoxy) is 1. The van der Waals surface area contributed by atoms with Crippen LogP contribution < -0.4 is 5.73 Å². The van der Waals surface area contributed by atoms with Crippen LogP contribution in [0.2, 0.25) is 0 Å². The molecule has 2 fully saturated rings. The van der Waals surface area contributed by atoms with Gasteiger partial charge in [0.1, 0.15) is 0 Å². The highest BCUT2D eigenvalue weighted by Gasteiger charge is 2.38. The summed E-state index contributed by atoms with van der Waals surface area (Å²) in [5.41, 5.74) is 6.27. The molecule has 2 rings (SSSR count). The average molecular weight is 240 g/mol. The molecule has 0 amide bonds. The lowest BCUT2D eigenvalue weighted by atomic mass is 9.84. The number of hydrogen-bond donors (Lipinski definition) is 1. The molecular weight excluding hydrogens is 212 g/mol. The fourth-order valence-corrected chi connectivity index (χ4v) is 3.61. The summed E-state index contributed by atoms with van der Waals surface area (Å²) in [7, 11) is 2.27. The quantitative estimate of drug-likeness (QED) is 0.817. The zero-order valence-corrected chi connectivity index (χ0v) is 11.5. The Hall–Kier alpha value is -0.120. The Morgan fingerprint density at radius 2 is 2.06 bits per heavy atom. The first kappa shape index (κ1) is 13.3. The van der Waals surface area contributed by atoms with Gasteiger partial charge in [-0.1, -0.05) is 12.8 Å². The molecule has 0 spiro atoms. The molecule has 0 aromatic rings. The molecule has 1 aliphatic heterocycles. The fourth-order valence-electron chi connectivity index (χ4n) is 3.61. The molecule has 0 aromatic carbocycles. The molecule has 2 unspecified atom stereocenters. The Morgan fingerprint density at radius 1 is 1.35 bits per heavy atom.